The molecule has 2 aromatic rings. The van der Waals surface area contributed by atoms with Crippen molar-refractivity contribution in [2.45, 2.75) is 19.9 Å². The van der Waals surface area contributed by atoms with Gasteiger partial charge in [0.05, 0.1) is 0 Å². The standard InChI is InChI=1S/C12H17N3O/c1-4-13-11(10-6-5-9(2)16-10)12-14-7-8-15(12)3/h5-8,11,13H,4H2,1-3H3. The van der Waals surface area contributed by atoms with E-state index >= 15 is 0 Å². The Morgan fingerprint density at radius 3 is 2.81 bits per heavy atom. The predicted molar refractivity (Wildman–Crippen MR) is 62.2 cm³/mol. The first kappa shape index (κ1) is 11.0. The van der Waals surface area contributed by atoms with Gasteiger partial charge < -0.3 is 14.3 Å². The number of imidazole rings is 1. The van der Waals surface area contributed by atoms with Crippen LogP contribution in [0, 0.1) is 6.92 Å². The van der Waals surface area contributed by atoms with Crippen LogP contribution in [0.4, 0.5) is 0 Å². The van der Waals surface area contributed by atoms with Gasteiger partial charge >= 0.3 is 0 Å². The van der Waals surface area contributed by atoms with E-state index in [1.54, 1.807) is 6.20 Å². The molecule has 0 radical (unpaired) electrons. The summed E-state index contributed by atoms with van der Waals surface area (Å²) in [5.74, 6) is 2.80. The lowest BCUT2D eigenvalue weighted by molar-refractivity contribution is 0.421. The molecule has 2 rings (SSSR count). The molecule has 1 unspecified atom stereocenters. The molecule has 0 aliphatic carbocycles. The van der Waals surface area contributed by atoms with Crippen LogP contribution in [0.25, 0.3) is 0 Å². The van der Waals surface area contributed by atoms with E-state index in [-0.39, 0.29) is 6.04 Å². The van der Waals surface area contributed by atoms with Gasteiger partial charge in [-0.1, -0.05) is 6.92 Å². The van der Waals surface area contributed by atoms with Crippen molar-refractivity contribution in [1.29, 1.82) is 0 Å². The number of aromatic nitrogens is 2. The van der Waals surface area contributed by atoms with Crippen molar-refractivity contribution in [2.24, 2.45) is 7.05 Å². The second-order valence-electron chi connectivity index (χ2n) is 3.84. The fraction of sp³-hybridized carbons (Fsp3) is 0.417. The Kier molecular flexibility index (Phi) is 3.10. The third kappa shape index (κ3) is 2.02. The van der Waals surface area contributed by atoms with Crippen LogP contribution in [-0.2, 0) is 7.05 Å². The molecule has 1 N–H and O–H groups in total. The van der Waals surface area contributed by atoms with Gasteiger partial charge in [-0.15, -0.1) is 0 Å². The fourth-order valence-corrected chi connectivity index (χ4v) is 1.79. The molecule has 0 saturated heterocycles. The second-order valence-corrected chi connectivity index (χ2v) is 3.84. The number of nitrogens with one attached hydrogen (secondary N) is 1. The third-order valence-corrected chi connectivity index (χ3v) is 2.57. The summed E-state index contributed by atoms with van der Waals surface area (Å²) in [4.78, 5) is 4.36. The van der Waals surface area contributed by atoms with Crippen molar-refractivity contribution in [3.05, 3.63) is 41.9 Å². The molecule has 0 aromatic carbocycles. The normalized spacial score (nSPS) is 12.9. The highest BCUT2D eigenvalue weighted by Gasteiger charge is 2.19. The molecule has 0 aliphatic heterocycles. The molecule has 0 aliphatic rings. The maximum Gasteiger partial charge on any atom is 0.133 e. The van der Waals surface area contributed by atoms with Crippen molar-refractivity contribution >= 4 is 0 Å². The maximum atomic E-state index is 5.66. The van der Waals surface area contributed by atoms with Crippen molar-refractivity contribution in [2.75, 3.05) is 6.54 Å². The van der Waals surface area contributed by atoms with E-state index in [1.165, 1.54) is 0 Å². The molecular formula is C12H17N3O. The van der Waals surface area contributed by atoms with E-state index in [0.717, 1.165) is 23.9 Å². The first-order valence-corrected chi connectivity index (χ1v) is 5.49. The molecule has 4 heteroatoms. The van der Waals surface area contributed by atoms with Crippen LogP contribution in [-0.4, -0.2) is 16.1 Å². The van der Waals surface area contributed by atoms with Crippen LogP contribution in [0.5, 0.6) is 0 Å². The van der Waals surface area contributed by atoms with Gasteiger partial charge in [-0.2, -0.15) is 0 Å². The summed E-state index contributed by atoms with van der Waals surface area (Å²) in [5.41, 5.74) is 0. The summed E-state index contributed by atoms with van der Waals surface area (Å²) in [5, 5.41) is 3.38. The number of aryl methyl sites for hydroxylation is 2. The third-order valence-electron chi connectivity index (χ3n) is 2.57. The van der Waals surface area contributed by atoms with E-state index in [2.05, 4.69) is 17.2 Å². The summed E-state index contributed by atoms with van der Waals surface area (Å²) in [7, 11) is 1.99. The van der Waals surface area contributed by atoms with Crippen LogP contribution in [0.15, 0.2) is 28.9 Å². The Morgan fingerprint density at radius 2 is 2.31 bits per heavy atom. The smallest absolute Gasteiger partial charge is 0.133 e. The molecule has 4 nitrogen and oxygen atoms in total. The van der Waals surface area contributed by atoms with Gasteiger partial charge in [0, 0.05) is 19.4 Å². The van der Waals surface area contributed by atoms with Crippen LogP contribution in [0.3, 0.4) is 0 Å². The Morgan fingerprint density at radius 1 is 1.50 bits per heavy atom. The number of furan rings is 1. The molecule has 16 heavy (non-hydrogen) atoms. The largest absolute Gasteiger partial charge is 0.464 e. The zero-order valence-electron chi connectivity index (χ0n) is 9.90. The summed E-state index contributed by atoms with van der Waals surface area (Å²) in [6, 6.07) is 4.00. The Bertz CT molecular complexity index is 458. The van der Waals surface area contributed by atoms with Gasteiger partial charge in [0.15, 0.2) is 0 Å². The zero-order chi connectivity index (χ0) is 11.5. The topological polar surface area (TPSA) is 43.0 Å². The molecule has 1 atom stereocenters. The highest BCUT2D eigenvalue weighted by atomic mass is 16.3. The van der Waals surface area contributed by atoms with Gasteiger partial charge in [0.2, 0.25) is 0 Å². The zero-order valence-corrected chi connectivity index (χ0v) is 9.90. The minimum absolute atomic E-state index is 0.0266. The second kappa shape index (κ2) is 4.53. The highest BCUT2D eigenvalue weighted by molar-refractivity contribution is 5.17. The average molecular weight is 219 g/mol. The number of hydrogen-bond donors (Lipinski definition) is 1. The predicted octanol–water partition coefficient (Wildman–Crippen LogP) is 2.02. The Hall–Kier alpha value is -1.55. The van der Waals surface area contributed by atoms with Crippen molar-refractivity contribution in [3.8, 4) is 0 Å². The fourth-order valence-electron chi connectivity index (χ4n) is 1.79. The molecule has 0 amide bonds. The van der Waals surface area contributed by atoms with Crippen molar-refractivity contribution in [1.82, 2.24) is 14.9 Å². The van der Waals surface area contributed by atoms with Crippen molar-refractivity contribution in [3.63, 3.8) is 0 Å². The van der Waals surface area contributed by atoms with Gasteiger partial charge in [0.25, 0.3) is 0 Å². The summed E-state index contributed by atoms with van der Waals surface area (Å²) in [6.45, 7) is 4.90. The Labute approximate surface area is 95.3 Å². The van der Waals surface area contributed by atoms with E-state index in [9.17, 15) is 0 Å². The lowest BCUT2D eigenvalue weighted by atomic mass is 10.2. The molecule has 86 valence electrons. The molecule has 2 aromatic heterocycles. The molecule has 2 heterocycles. The molecule has 0 bridgehead atoms. The lowest BCUT2D eigenvalue weighted by Gasteiger charge is -2.15. The summed E-state index contributed by atoms with van der Waals surface area (Å²) in [6.07, 6.45) is 3.74. The number of hydrogen-bond acceptors (Lipinski definition) is 3. The van der Waals surface area contributed by atoms with E-state index in [1.807, 2.05) is 36.9 Å². The van der Waals surface area contributed by atoms with Crippen molar-refractivity contribution < 1.29 is 4.42 Å². The molecule has 0 saturated carbocycles. The van der Waals surface area contributed by atoms with Crippen LogP contribution < -0.4 is 5.32 Å². The summed E-state index contributed by atoms with van der Waals surface area (Å²) >= 11 is 0. The highest BCUT2D eigenvalue weighted by Crippen LogP contribution is 2.22. The van der Waals surface area contributed by atoms with E-state index in [0.29, 0.717) is 0 Å². The van der Waals surface area contributed by atoms with E-state index < -0.39 is 0 Å². The first-order chi connectivity index (χ1) is 7.72. The molecular weight excluding hydrogens is 202 g/mol. The quantitative estimate of drug-likeness (QED) is 0.855. The van der Waals surface area contributed by atoms with E-state index in [4.69, 9.17) is 4.42 Å². The van der Waals surface area contributed by atoms with Crippen LogP contribution >= 0.6 is 0 Å². The number of rotatable bonds is 4. The monoisotopic (exact) mass is 219 g/mol. The SMILES string of the molecule is CCNC(c1ccc(C)o1)c1nccn1C. The molecule has 0 spiro atoms. The molecule has 0 fully saturated rings. The van der Waals surface area contributed by atoms with Gasteiger partial charge in [-0.25, -0.2) is 4.98 Å². The van der Waals surface area contributed by atoms with Gasteiger partial charge in [0.1, 0.15) is 23.4 Å². The maximum absolute atomic E-state index is 5.66. The summed E-state index contributed by atoms with van der Waals surface area (Å²) < 4.78 is 7.67. The lowest BCUT2D eigenvalue weighted by Crippen LogP contribution is -2.24. The van der Waals surface area contributed by atoms with Crippen LogP contribution in [0.1, 0.15) is 30.3 Å². The minimum Gasteiger partial charge on any atom is -0.464 e. The number of nitrogens with zero attached hydrogens (tertiary/aromatic N) is 2. The minimum atomic E-state index is 0.0266. The van der Waals surface area contributed by atoms with Crippen LogP contribution in [0.2, 0.25) is 0 Å². The van der Waals surface area contributed by atoms with Gasteiger partial charge in [-0.05, 0) is 25.6 Å². The van der Waals surface area contributed by atoms with Gasteiger partial charge in [-0.3, -0.25) is 0 Å². The Balaban J connectivity index is 2.34. The average Bonchev–Trinajstić information content (AvgIpc) is 2.84. The first-order valence-electron chi connectivity index (χ1n) is 5.49.